The molecule has 1 amide bonds. The van der Waals surface area contributed by atoms with Gasteiger partial charge in [0.2, 0.25) is 0 Å². The Morgan fingerprint density at radius 1 is 1.28 bits per heavy atom. The van der Waals surface area contributed by atoms with Gasteiger partial charge in [-0.15, -0.1) is 0 Å². The van der Waals surface area contributed by atoms with Crippen molar-refractivity contribution in [2.75, 3.05) is 19.7 Å². The molecule has 2 aliphatic rings. The van der Waals surface area contributed by atoms with Crippen molar-refractivity contribution >= 4 is 5.91 Å². The third kappa shape index (κ3) is 5.10. The number of carbonyl (C=O) groups is 1. The molecule has 1 aliphatic carbocycles. The van der Waals surface area contributed by atoms with E-state index in [1.54, 1.807) is 26.0 Å². The van der Waals surface area contributed by atoms with Crippen molar-refractivity contribution < 1.29 is 19.1 Å². The first kappa shape index (κ1) is 18.0. The molecule has 0 radical (unpaired) electrons. The fourth-order valence-electron chi connectivity index (χ4n) is 3.15. The second-order valence-corrected chi connectivity index (χ2v) is 7.62. The van der Waals surface area contributed by atoms with Gasteiger partial charge in [0, 0.05) is 19.7 Å². The Hall–Kier alpha value is -1.77. The lowest BCUT2D eigenvalue weighted by molar-refractivity contribution is 0.0425. The van der Waals surface area contributed by atoms with Crippen LogP contribution < -0.4 is 0 Å². The molecule has 1 saturated carbocycles. The molecule has 0 bridgehead atoms. The number of amides is 1. The van der Waals surface area contributed by atoms with Crippen LogP contribution in [0.3, 0.4) is 0 Å². The average Bonchev–Trinajstić information content (AvgIpc) is 3.17. The Labute approximate surface area is 149 Å². The van der Waals surface area contributed by atoms with Crippen molar-refractivity contribution in [3.8, 4) is 11.8 Å². The topological polar surface area (TPSA) is 62.9 Å². The number of nitrogens with zero attached hydrogens (tertiary/aromatic N) is 1. The van der Waals surface area contributed by atoms with Crippen LogP contribution >= 0.6 is 0 Å². The molecule has 1 aromatic heterocycles. The minimum Gasteiger partial charge on any atom is -0.443 e. The van der Waals surface area contributed by atoms with Crippen molar-refractivity contribution in [1.82, 2.24) is 4.90 Å². The molecule has 2 fully saturated rings. The van der Waals surface area contributed by atoms with Crippen LogP contribution in [0.4, 0.5) is 0 Å². The fourth-order valence-corrected chi connectivity index (χ4v) is 3.15. The smallest absolute Gasteiger partial charge is 0.289 e. The second-order valence-electron chi connectivity index (χ2n) is 7.62. The summed E-state index contributed by atoms with van der Waals surface area (Å²) in [5, 5.41) is 9.67. The largest absolute Gasteiger partial charge is 0.443 e. The van der Waals surface area contributed by atoms with Crippen LogP contribution in [0.5, 0.6) is 0 Å². The maximum Gasteiger partial charge on any atom is 0.289 e. The zero-order chi connectivity index (χ0) is 17.9. The van der Waals surface area contributed by atoms with Gasteiger partial charge in [-0.2, -0.15) is 0 Å². The summed E-state index contributed by atoms with van der Waals surface area (Å²) >= 11 is 0. The Morgan fingerprint density at radius 3 is 2.68 bits per heavy atom. The average molecular weight is 345 g/mol. The molecule has 1 aliphatic heterocycles. The molecule has 1 aromatic rings. The van der Waals surface area contributed by atoms with E-state index in [2.05, 4.69) is 11.8 Å². The van der Waals surface area contributed by atoms with Gasteiger partial charge in [0.15, 0.2) is 11.5 Å². The SMILES string of the molecule is CC(C)(O)C#Cc1ccc(C(=O)N(CC2CCC2)CC2CCCO2)o1. The fraction of sp³-hybridized carbons (Fsp3) is 0.650. The highest BCUT2D eigenvalue weighted by atomic mass is 16.5. The van der Waals surface area contributed by atoms with Crippen LogP contribution in [-0.2, 0) is 4.74 Å². The maximum absolute atomic E-state index is 12.9. The Kier molecular flexibility index (Phi) is 5.51. The van der Waals surface area contributed by atoms with Crippen LogP contribution in [0, 0.1) is 17.8 Å². The van der Waals surface area contributed by atoms with Gasteiger partial charge in [-0.05, 0) is 63.5 Å². The number of ether oxygens (including phenoxy) is 1. The molecule has 136 valence electrons. The molecule has 1 atom stereocenters. The summed E-state index contributed by atoms with van der Waals surface area (Å²) in [7, 11) is 0. The summed E-state index contributed by atoms with van der Waals surface area (Å²) < 4.78 is 11.3. The summed E-state index contributed by atoms with van der Waals surface area (Å²) in [6.45, 7) is 5.40. The standard InChI is InChI=1S/C20H27NO4/c1-20(2,23)11-10-16-8-9-18(25-16)19(22)21(13-15-5-3-6-15)14-17-7-4-12-24-17/h8-9,15,17,23H,3-7,12-14H2,1-2H3. The van der Waals surface area contributed by atoms with Crippen molar-refractivity contribution in [3.63, 3.8) is 0 Å². The van der Waals surface area contributed by atoms with Crippen LogP contribution in [0.1, 0.15) is 62.3 Å². The van der Waals surface area contributed by atoms with Gasteiger partial charge in [0.05, 0.1) is 6.10 Å². The van der Waals surface area contributed by atoms with Gasteiger partial charge >= 0.3 is 0 Å². The Bertz CT molecular complexity index is 651. The minimum absolute atomic E-state index is 0.0984. The summed E-state index contributed by atoms with van der Waals surface area (Å²) in [6.07, 6.45) is 5.84. The third-order valence-electron chi connectivity index (χ3n) is 4.75. The van der Waals surface area contributed by atoms with E-state index in [0.29, 0.717) is 24.0 Å². The van der Waals surface area contributed by atoms with E-state index in [-0.39, 0.29) is 12.0 Å². The number of hydrogen-bond acceptors (Lipinski definition) is 4. The number of furan rings is 1. The van der Waals surface area contributed by atoms with Crippen molar-refractivity contribution in [1.29, 1.82) is 0 Å². The highest BCUT2D eigenvalue weighted by Crippen LogP contribution is 2.28. The summed E-state index contributed by atoms with van der Waals surface area (Å²) in [5.74, 6) is 6.66. The highest BCUT2D eigenvalue weighted by molar-refractivity contribution is 5.91. The molecule has 0 spiro atoms. The third-order valence-corrected chi connectivity index (χ3v) is 4.75. The lowest BCUT2D eigenvalue weighted by Gasteiger charge is -2.33. The van der Waals surface area contributed by atoms with E-state index < -0.39 is 5.60 Å². The molecule has 3 rings (SSSR count). The summed E-state index contributed by atoms with van der Waals surface area (Å²) in [6, 6.07) is 3.35. The minimum atomic E-state index is -1.09. The first-order chi connectivity index (χ1) is 11.9. The molecular weight excluding hydrogens is 318 g/mol. The number of aliphatic hydroxyl groups is 1. The Balaban J connectivity index is 1.69. The van der Waals surface area contributed by atoms with Gasteiger partial charge < -0.3 is 19.2 Å². The number of carbonyl (C=O) groups excluding carboxylic acids is 1. The molecule has 2 heterocycles. The Morgan fingerprint density at radius 2 is 2.08 bits per heavy atom. The zero-order valence-corrected chi connectivity index (χ0v) is 15.1. The highest BCUT2D eigenvalue weighted by Gasteiger charge is 2.29. The van der Waals surface area contributed by atoms with E-state index >= 15 is 0 Å². The normalized spacial score (nSPS) is 20.7. The molecule has 5 nitrogen and oxygen atoms in total. The van der Waals surface area contributed by atoms with Gasteiger partial charge in [-0.25, -0.2) is 0 Å². The lowest BCUT2D eigenvalue weighted by atomic mass is 9.85. The first-order valence-electron chi connectivity index (χ1n) is 9.17. The van der Waals surface area contributed by atoms with E-state index in [1.807, 2.05) is 4.90 Å². The molecule has 5 heteroatoms. The molecule has 0 aromatic carbocycles. The van der Waals surface area contributed by atoms with E-state index in [0.717, 1.165) is 26.0 Å². The van der Waals surface area contributed by atoms with Gasteiger partial charge in [-0.1, -0.05) is 12.3 Å². The molecule has 1 saturated heterocycles. The molecular formula is C20H27NO4. The maximum atomic E-state index is 12.9. The molecule has 25 heavy (non-hydrogen) atoms. The van der Waals surface area contributed by atoms with Crippen molar-refractivity contribution in [2.24, 2.45) is 5.92 Å². The quantitative estimate of drug-likeness (QED) is 0.834. The predicted molar refractivity (Wildman–Crippen MR) is 94.1 cm³/mol. The lowest BCUT2D eigenvalue weighted by Crippen LogP contribution is -2.41. The summed E-state index contributed by atoms with van der Waals surface area (Å²) in [4.78, 5) is 14.8. The first-order valence-corrected chi connectivity index (χ1v) is 9.17. The number of rotatable bonds is 5. The van der Waals surface area contributed by atoms with Crippen LogP contribution in [-0.4, -0.2) is 47.3 Å². The van der Waals surface area contributed by atoms with Crippen LogP contribution in [0.15, 0.2) is 16.5 Å². The van der Waals surface area contributed by atoms with Crippen molar-refractivity contribution in [3.05, 3.63) is 23.7 Å². The van der Waals surface area contributed by atoms with Gasteiger partial charge in [0.1, 0.15) is 5.60 Å². The van der Waals surface area contributed by atoms with E-state index in [1.165, 1.54) is 19.3 Å². The van der Waals surface area contributed by atoms with Crippen LogP contribution in [0.2, 0.25) is 0 Å². The predicted octanol–water partition coefficient (Wildman–Crippen LogP) is 2.82. The van der Waals surface area contributed by atoms with Gasteiger partial charge in [-0.3, -0.25) is 4.79 Å². The summed E-state index contributed by atoms with van der Waals surface area (Å²) in [5.41, 5.74) is -1.09. The van der Waals surface area contributed by atoms with E-state index in [9.17, 15) is 9.90 Å². The van der Waals surface area contributed by atoms with Crippen molar-refractivity contribution in [2.45, 2.75) is 57.7 Å². The van der Waals surface area contributed by atoms with Crippen LogP contribution in [0.25, 0.3) is 0 Å². The van der Waals surface area contributed by atoms with Gasteiger partial charge in [0.25, 0.3) is 5.91 Å². The zero-order valence-electron chi connectivity index (χ0n) is 15.1. The second kappa shape index (κ2) is 7.63. The molecule has 1 unspecified atom stereocenters. The monoisotopic (exact) mass is 345 g/mol. The molecule has 1 N–H and O–H groups in total. The van der Waals surface area contributed by atoms with E-state index in [4.69, 9.17) is 9.15 Å². The number of hydrogen-bond donors (Lipinski definition) is 1.